The summed E-state index contributed by atoms with van der Waals surface area (Å²) in [5.74, 6) is 0.902. The van der Waals surface area contributed by atoms with Crippen molar-refractivity contribution in [2.45, 2.75) is 37.8 Å². The minimum atomic E-state index is -0.222. The Labute approximate surface area is 160 Å². The molecule has 3 aliphatic rings. The van der Waals surface area contributed by atoms with E-state index in [0.29, 0.717) is 19.2 Å². The number of carbonyl (C=O) groups excluding carboxylic acids is 2. The summed E-state index contributed by atoms with van der Waals surface area (Å²) in [4.78, 5) is 30.8. The van der Waals surface area contributed by atoms with Gasteiger partial charge in [0.15, 0.2) is 0 Å². The van der Waals surface area contributed by atoms with Crippen LogP contribution in [-0.2, 0) is 4.79 Å². The number of urea groups is 1. The molecule has 27 heavy (non-hydrogen) atoms. The Morgan fingerprint density at radius 3 is 2.74 bits per heavy atom. The lowest BCUT2D eigenvalue weighted by atomic mass is 10.1. The van der Waals surface area contributed by atoms with Crippen molar-refractivity contribution >= 4 is 17.6 Å². The molecule has 0 radical (unpaired) electrons. The Hall–Kier alpha value is -2.28. The number of ether oxygens (including phenoxy) is 1. The molecule has 3 amide bonds. The maximum Gasteiger partial charge on any atom is 0.321 e. The molecule has 2 saturated heterocycles. The number of carbonyl (C=O) groups is 2. The van der Waals surface area contributed by atoms with Gasteiger partial charge in [-0.25, -0.2) is 4.79 Å². The van der Waals surface area contributed by atoms with Crippen LogP contribution in [-0.4, -0.2) is 78.6 Å². The molecule has 7 nitrogen and oxygen atoms in total. The number of piperazine rings is 2. The number of hydrogen-bond acceptors (Lipinski definition) is 4. The Morgan fingerprint density at radius 2 is 1.93 bits per heavy atom. The molecular weight excluding hydrogens is 344 g/mol. The lowest BCUT2D eigenvalue weighted by molar-refractivity contribution is -0.142. The van der Waals surface area contributed by atoms with E-state index in [9.17, 15) is 9.59 Å². The zero-order valence-electron chi connectivity index (χ0n) is 15.9. The predicted octanol–water partition coefficient (Wildman–Crippen LogP) is 2.00. The number of likely N-dealkylation sites (N-methyl/N-ethyl adjacent to an activating group) is 1. The van der Waals surface area contributed by atoms with Gasteiger partial charge in [0.1, 0.15) is 11.8 Å². The number of nitrogens with zero attached hydrogens (tertiary/aromatic N) is 3. The Balaban J connectivity index is 1.37. The van der Waals surface area contributed by atoms with Gasteiger partial charge in [0, 0.05) is 51.5 Å². The highest BCUT2D eigenvalue weighted by atomic mass is 16.5. The van der Waals surface area contributed by atoms with Gasteiger partial charge in [-0.1, -0.05) is 6.07 Å². The molecule has 7 heteroatoms. The zero-order chi connectivity index (χ0) is 18.8. The molecule has 1 atom stereocenters. The van der Waals surface area contributed by atoms with Crippen LogP contribution in [0.25, 0.3) is 0 Å². The van der Waals surface area contributed by atoms with Gasteiger partial charge in [0.05, 0.1) is 6.10 Å². The monoisotopic (exact) mass is 372 g/mol. The molecule has 3 fully saturated rings. The third-order valence-corrected chi connectivity index (χ3v) is 5.85. The fourth-order valence-corrected chi connectivity index (χ4v) is 4.20. The quantitative estimate of drug-likeness (QED) is 0.881. The molecule has 4 rings (SSSR count). The predicted molar refractivity (Wildman–Crippen MR) is 103 cm³/mol. The molecule has 1 aromatic rings. The third-order valence-electron chi connectivity index (χ3n) is 5.85. The van der Waals surface area contributed by atoms with Gasteiger partial charge in [0.2, 0.25) is 5.91 Å². The van der Waals surface area contributed by atoms with E-state index in [-0.39, 0.29) is 18.0 Å². The number of hydrogen-bond donors (Lipinski definition) is 1. The van der Waals surface area contributed by atoms with Gasteiger partial charge >= 0.3 is 6.03 Å². The molecule has 0 bridgehead atoms. The molecule has 1 saturated carbocycles. The van der Waals surface area contributed by atoms with Crippen LogP contribution in [0.3, 0.4) is 0 Å². The van der Waals surface area contributed by atoms with Crippen LogP contribution >= 0.6 is 0 Å². The normalized spacial score (nSPS) is 24.0. The van der Waals surface area contributed by atoms with E-state index in [4.69, 9.17) is 4.74 Å². The van der Waals surface area contributed by atoms with E-state index in [1.54, 1.807) is 9.80 Å². The van der Waals surface area contributed by atoms with Gasteiger partial charge in [-0.15, -0.1) is 0 Å². The summed E-state index contributed by atoms with van der Waals surface area (Å²) in [6.45, 7) is 3.45. The van der Waals surface area contributed by atoms with Crippen molar-refractivity contribution in [3.8, 4) is 5.75 Å². The molecule has 0 spiro atoms. The van der Waals surface area contributed by atoms with Crippen LogP contribution in [0.5, 0.6) is 5.75 Å². The van der Waals surface area contributed by atoms with Crippen molar-refractivity contribution in [1.82, 2.24) is 14.7 Å². The first-order valence-corrected chi connectivity index (χ1v) is 9.92. The molecule has 2 aliphatic heterocycles. The highest BCUT2D eigenvalue weighted by Crippen LogP contribution is 2.26. The van der Waals surface area contributed by atoms with Crippen molar-refractivity contribution < 1.29 is 14.3 Å². The zero-order valence-corrected chi connectivity index (χ0v) is 15.9. The Morgan fingerprint density at radius 1 is 1.15 bits per heavy atom. The molecule has 2 heterocycles. The first kappa shape index (κ1) is 18.1. The molecule has 0 unspecified atom stereocenters. The van der Waals surface area contributed by atoms with Crippen LogP contribution in [0.4, 0.5) is 10.5 Å². The molecular formula is C20H28N4O3. The average Bonchev–Trinajstić information content (AvgIpc) is 3.18. The van der Waals surface area contributed by atoms with Crippen molar-refractivity contribution in [1.29, 1.82) is 0 Å². The smallest absolute Gasteiger partial charge is 0.321 e. The summed E-state index contributed by atoms with van der Waals surface area (Å²) in [6.07, 6.45) is 4.94. The Bertz CT molecular complexity index is 704. The summed E-state index contributed by atoms with van der Waals surface area (Å²) in [6, 6.07) is 7.20. The molecule has 1 aromatic carbocycles. The van der Waals surface area contributed by atoms with Crippen molar-refractivity contribution in [3.05, 3.63) is 24.3 Å². The van der Waals surface area contributed by atoms with E-state index >= 15 is 0 Å². The lowest BCUT2D eigenvalue weighted by Crippen LogP contribution is -2.65. The second-order valence-corrected chi connectivity index (χ2v) is 7.74. The Kier molecular flexibility index (Phi) is 5.20. The van der Waals surface area contributed by atoms with Crippen molar-refractivity contribution in [2.24, 2.45) is 0 Å². The van der Waals surface area contributed by atoms with Crippen molar-refractivity contribution in [2.75, 3.05) is 45.1 Å². The average molecular weight is 372 g/mol. The van der Waals surface area contributed by atoms with Crippen LogP contribution in [0, 0.1) is 0 Å². The number of amides is 3. The summed E-state index contributed by atoms with van der Waals surface area (Å²) in [5, 5.41) is 2.96. The minimum absolute atomic E-state index is 0.103. The van der Waals surface area contributed by atoms with Crippen LogP contribution in [0.2, 0.25) is 0 Å². The standard InChI is InChI=1S/C20H28N4O3/c1-22-9-10-23-11-12-24(14-18(23)19(22)25)20(26)21-15-5-4-8-17(13-15)27-16-6-2-3-7-16/h4-5,8,13,16,18H,2-3,6-7,9-12,14H2,1H3,(H,21,26)/t18-/m0/s1. The van der Waals surface area contributed by atoms with Gasteiger partial charge in [-0.3, -0.25) is 9.69 Å². The lowest BCUT2D eigenvalue weighted by Gasteiger charge is -2.45. The van der Waals surface area contributed by atoms with E-state index < -0.39 is 0 Å². The summed E-state index contributed by atoms with van der Waals surface area (Å²) in [7, 11) is 1.83. The summed E-state index contributed by atoms with van der Waals surface area (Å²) in [5.41, 5.74) is 0.727. The molecule has 146 valence electrons. The maximum atomic E-state index is 12.7. The van der Waals surface area contributed by atoms with Gasteiger partial charge < -0.3 is 19.9 Å². The van der Waals surface area contributed by atoms with Crippen LogP contribution in [0.15, 0.2) is 24.3 Å². The maximum absolute atomic E-state index is 12.7. The van der Waals surface area contributed by atoms with Gasteiger partial charge in [-0.05, 0) is 37.8 Å². The topological polar surface area (TPSA) is 65.1 Å². The van der Waals surface area contributed by atoms with Gasteiger partial charge in [-0.2, -0.15) is 0 Å². The SMILES string of the molecule is CN1CCN2CCN(C(=O)Nc3cccc(OC4CCCC4)c3)C[C@H]2C1=O. The molecule has 1 N–H and O–H groups in total. The van der Waals surface area contributed by atoms with Crippen LogP contribution < -0.4 is 10.1 Å². The first-order chi connectivity index (χ1) is 13.1. The summed E-state index contributed by atoms with van der Waals surface area (Å²) < 4.78 is 6.02. The second-order valence-electron chi connectivity index (χ2n) is 7.74. The number of anilines is 1. The highest BCUT2D eigenvalue weighted by molar-refractivity contribution is 5.91. The van der Waals surface area contributed by atoms with E-state index in [0.717, 1.165) is 43.9 Å². The van der Waals surface area contributed by atoms with E-state index in [2.05, 4.69) is 10.2 Å². The fraction of sp³-hybridized carbons (Fsp3) is 0.600. The largest absolute Gasteiger partial charge is 0.490 e. The summed E-state index contributed by atoms with van der Waals surface area (Å²) >= 11 is 0. The third kappa shape index (κ3) is 4.03. The number of benzene rings is 1. The molecule has 0 aromatic heterocycles. The first-order valence-electron chi connectivity index (χ1n) is 9.92. The molecule has 1 aliphatic carbocycles. The number of fused-ring (bicyclic) bond motifs is 1. The van der Waals surface area contributed by atoms with E-state index in [1.165, 1.54) is 12.8 Å². The van der Waals surface area contributed by atoms with Crippen molar-refractivity contribution in [3.63, 3.8) is 0 Å². The minimum Gasteiger partial charge on any atom is -0.490 e. The number of rotatable bonds is 3. The highest BCUT2D eigenvalue weighted by Gasteiger charge is 2.38. The number of nitrogens with one attached hydrogen (secondary N) is 1. The van der Waals surface area contributed by atoms with Gasteiger partial charge in [0.25, 0.3) is 0 Å². The van der Waals surface area contributed by atoms with E-state index in [1.807, 2.05) is 31.3 Å². The second kappa shape index (κ2) is 7.76. The fourth-order valence-electron chi connectivity index (χ4n) is 4.20. The van der Waals surface area contributed by atoms with Crippen LogP contribution in [0.1, 0.15) is 25.7 Å².